The van der Waals surface area contributed by atoms with Crippen LogP contribution in [-0.4, -0.2) is 17.3 Å². The SMILES string of the molecule is C=C1CC(=O)c2cc(Oc3ccc(C(C)(C)c4ccc(Oc5ccc(C(C)=O)c(C(C)=O)c5)cc4)cc3)ccc21. The van der Waals surface area contributed by atoms with Gasteiger partial charge in [0.25, 0.3) is 0 Å². The van der Waals surface area contributed by atoms with E-state index in [1.165, 1.54) is 13.8 Å². The van der Waals surface area contributed by atoms with Crippen molar-refractivity contribution >= 4 is 22.9 Å². The molecule has 1 aliphatic rings. The second-order valence-corrected chi connectivity index (χ2v) is 10.6. The number of fused-ring (bicyclic) bond motifs is 1. The Hall–Kier alpha value is -4.77. The fourth-order valence-electron chi connectivity index (χ4n) is 5.01. The molecule has 5 nitrogen and oxygen atoms in total. The first-order valence-corrected chi connectivity index (χ1v) is 13.1. The van der Waals surface area contributed by atoms with E-state index in [0.29, 0.717) is 46.1 Å². The van der Waals surface area contributed by atoms with E-state index in [9.17, 15) is 14.4 Å². The molecule has 0 spiro atoms. The van der Waals surface area contributed by atoms with Crippen molar-refractivity contribution in [3.8, 4) is 23.0 Å². The molecule has 4 aromatic rings. The van der Waals surface area contributed by atoms with Crippen molar-refractivity contribution in [3.63, 3.8) is 0 Å². The van der Waals surface area contributed by atoms with Crippen LogP contribution in [0.5, 0.6) is 23.0 Å². The lowest BCUT2D eigenvalue weighted by Crippen LogP contribution is -2.18. The highest BCUT2D eigenvalue weighted by Gasteiger charge is 2.25. The Labute approximate surface area is 234 Å². The van der Waals surface area contributed by atoms with Crippen molar-refractivity contribution in [2.45, 2.75) is 39.5 Å². The normalized spacial score (nSPS) is 12.7. The minimum atomic E-state index is -0.289. The Kier molecular flexibility index (Phi) is 6.99. The van der Waals surface area contributed by atoms with Gasteiger partial charge in [0.1, 0.15) is 23.0 Å². The number of hydrogen-bond acceptors (Lipinski definition) is 5. The van der Waals surface area contributed by atoms with Crippen LogP contribution in [0.15, 0.2) is 91.5 Å². The molecule has 1 aliphatic carbocycles. The van der Waals surface area contributed by atoms with Crippen LogP contribution in [0.25, 0.3) is 5.57 Å². The summed E-state index contributed by atoms with van der Waals surface area (Å²) in [6, 6.07) is 26.2. The van der Waals surface area contributed by atoms with E-state index in [1.807, 2.05) is 60.7 Å². The van der Waals surface area contributed by atoms with Crippen LogP contribution in [0.1, 0.15) is 81.9 Å². The Bertz CT molecular complexity index is 1660. The highest BCUT2D eigenvalue weighted by molar-refractivity contribution is 6.11. The molecule has 0 fully saturated rings. The Morgan fingerprint density at radius 3 is 1.65 bits per heavy atom. The van der Waals surface area contributed by atoms with Crippen LogP contribution in [0.2, 0.25) is 0 Å². The number of ketones is 3. The molecule has 0 amide bonds. The lowest BCUT2D eigenvalue weighted by atomic mass is 9.78. The van der Waals surface area contributed by atoms with E-state index >= 15 is 0 Å². The van der Waals surface area contributed by atoms with E-state index in [0.717, 1.165) is 22.3 Å². The van der Waals surface area contributed by atoms with Crippen molar-refractivity contribution in [1.29, 1.82) is 0 Å². The van der Waals surface area contributed by atoms with Crippen LogP contribution in [0.3, 0.4) is 0 Å². The molecule has 5 rings (SSSR count). The van der Waals surface area contributed by atoms with E-state index in [1.54, 1.807) is 24.3 Å². The number of ether oxygens (including phenoxy) is 2. The van der Waals surface area contributed by atoms with Gasteiger partial charge >= 0.3 is 0 Å². The summed E-state index contributed by atoms with van der Waals surface area (Å²) in [5.74, 6) is 2.17. The van der Waals surface area contributed by atoms with Gasteiger partial charge in [-0.05, 0) is 90.7 Å². The maximum atomic E-state index is 12.2. The molecule has 5 heteroatoms. The minimum Gasteiger partial charge on any atom is -0.457 e. The predicted octanol–water partition coefficient (Wildman–Crippen LogP) is 8.60. The third-order valence-electron chi connectivity index (χ3n) is 7.42. The van der Waals surface area contributed by atoms with Crippen LogP contribution in [0, 0.1) is 0 Å². The molecule has 0 saturated heterocycles. The van der Waals surface area contributed by atoms with Gasteiger partial charge in [0.2, 0.25) is 0 Å². The van der Waals surface area contributed by atoms with Crippen molar-refractivity contribution < 1.29 is 23.9 Å². The second-order valence-electron chi connectivity index (χ2n) is 10.6. The zero-order chi connectivity index (χ0) is 28.6. The average Bonchev–Trinajstić information content (AvgIpc) is 3.21. The zero-order valence-electron chi connectivity index (χ0n) is 23.0. The summed E-state index contributed by atoms with van der Waals surface area (Å²) in [4.78, 5) is 36.1. The standard InChI is InChI=1S/C35H30O5/c1-21-18-34(38)33-20-29(14-16-30(21)33)40-27-12-8-25(9-13-27)35(4,5)24-6-10-26(11-7-24)39-28-15-17-31(22(2)36)32(19-28)23(3)37/h6-17,19-20H,1,18H2,2-5H3. The zero-order valence-corrected chi connectivity index (χ0v) is 23.0. The number of Topliss-reactive ketones (excluding diaryl/α,β-unsaturated/α-hetero) is 3. The summed E-state index contributed by atoms with van der Waals surface area (Å²) in [6.45, 7) is 11.1. The van der Waals surface area contributed by atoms with Gasteiger partial charge in [-0.3, -0.25) is 14.4 Å². The van der Waals surface area contributed by atoms with Gasteiger partial charge in [0, 0.05) is 28.5 Å². The first-order chi connectivity index (χ1) is 19.0. The molecule has 0 saturated carbocycles. The summed E-state index contributed by atoms with van der Waals surface area (Å²) in [7, 11) is 0. The van der Waals surface area contributed by atoms with Gasteiger partial charge in [-0.15, -0.1) is 0 Å². The van der Waals surface area contributed by atoms with Crippen LogP contribution in [-0.2, 0) is 5.41 Å². The topological polar surface area (TPSA) is 69.7 Å². The molecular weight excluding hydrogens is 500 g/mol. The molecule has 0 unspecified atom stereocenters. The minimum absolute atomic E-state index is 0.0747. The lowest BCUT2D eigenvalue weighted by Gasteiger charge is -2.26. The molecule has 200 valence electrons. The Morgan fingerprint density at radius 2 is 1.12 bits per heavy atom. The largest absolute Gasteiger partial charge is 0.457 e. The molecule has 0 atom stereocenters. The van der Waals surface area contributed by atoms with Crippen molar-refractivity contribution in [2.75, 3.05) is 0 Å². The summed E-state index contributed by atoms with van der Waals surface area (Å²) < 4.78 is 12.0. The molecule has 4 aromatic carbocycles. The summed E-state index contributed by atoms with van der Waals surface area (Å²) in [5.41, 5.74) is 5.08. The number of allylic oxidation sites excluding steroid dienone is 1. The summed E-state index contributed by atoms with van der Waals surface area (Å²) in [6.07, 6.45) is 0.366. The summed E-state index contributed by atoms with van der Waals surface area (Å²) in [5, 5.41) is 0. The van der Waals surface area contributed by atoms with Crippen molar-refractivity contribution in [1.82, 2.24) is 0 Å². The molecule has 0 aliphatic heterocycles. The Morgan fingerprint density at radius 1 is 0.650 bits per heavy atom. The fraction of sp³-hybridized carbons (Fsp3) is 0.171. The van der Waals surface area contributed by atoms with E-state index < -0.39 is 0 Å². The number of hydrogen-bond donors (Lipinski definition) is 0. The Balaban J connectivity index is 1.29. The number of benzene rings is 4. The third kappa shape index (κ3) is 5.23. The van der Waals surface area contributed by atoms with Crippen LogP contribution in [0.4, 0.5) is 0 Å². The molecule has 0 N–H and O–H groups in total. The van der Waals surface area contributed by atoms with Crippen LogP contribution < -0.4 is 9.47 Å². The second kappa shape index (κ2) is 10.4. The third-order valence-corrected chi connectivity index (χ3v) is 7.42. The van der Waals surface area contributed by atoms with Crippen molar-refractivity contribution in [2.24, 2.45) is 0 Å². The molecule has 0 heterocycles. The maximum absolute atomic E-state index is 12.2. The van der Waals surface area contributed by atoms with E-state index in [-0.39, 0.29) is 22.8 Å². The van der Waals surface area contributed by atoms with Gasteiger partial charge < -0.3 is 9.47 Å². The lowest BCUT2D eigenvalue weighted by molar-refractivity contribution is 0.0980. The molecular formula is C35H30O5. The molecule has 40 heavy (non-hydrogen) atoms. The van der Waals surface area contributed by atoms with E-state index in [2.05, 4.69) is 20.4 Å². The average molecular weight is 531 g/mol. The number of carbonyl (C=O) groups is 3. The fourth-order valence-corrected chi connectivity index (χ4v) is 5.01. The van der Waals surface area contributed by atoms with Gasteiger partial charge in [0.05, 0.1) is 0 Å². The summed E-state index contributed by atoms with van der Waals surface area (Å²) >= 11 is 0. The monoisotopic (exact) mass is 530 g/mol. The van der Waals surface area contributed by atoms with Gasteiger partial charge in [-0.25, -0.2) is 0 Å². The van der Waals surface area contributed by atoms with Gasteiger partial charge in [-0.1, -0.05) is 50.8 Å². The molecule has 0 aromatic heterocycles. The number of carbonyl (C=O) groups excluding carboxylic acids is 3. The predicted molar refractivity (Wildman–Crippen MR) is 156 cm³/mol. The van der Waals surface area contributed by atoms with Gasteiger partial charge in [-0.2, -0.15) is 0 Å². The first kappa shape index (κ1) is 26.8. The first-order valence-electron chi connectivity index (χ1n) is 13.1. The number of rotatable bonds is 8. The molecule has 0 radical (unpaired) electrons. The smallest absolute Gasteiger partial charge is 0.167 e. The maximum Gasteiger partial charge on any atom is 0.167 e. The quantitative estimate of drug-likeness (QED) is 0.213. The van der Waals surface area contributed by atoms with Crippen LogP contribution >= 0.6 is 0 Å². The highest BCUT2D eigenvalue weighted by atomic mass is 16.5. The molecule has 0 bridgehead atoms. The van der Waals surface area contributed by atoms with Crippen molar-refractivity contribution in [3.05, 3.63) is 125 Å². The van der Waals surface area contributed by atoms with Gasteiger partial charge in [0.15, 0.2) is 17.3 Å². The van der Waals surface area contributed by atoms with E-state index in [4.69, 9.17) is 9.47 Å². The highest BCUT2D eigenvalue weighted by Crippen LogP contribution is 2.37.